The van der Waals surface area contributed by atoms with Crippen LogP contribution in [0.5, 0.6) is 0 Å². The van der Waals surface area contributed by atoms with Crippen LogP contribution in [0.15, 0.2) is 23.8 Å². The molecule has 0 spiro atoms. The molecule has 0 unspecified atom stereocenters. The highest BCUT2D eigenvalue weighted by Gasteiger charge is 2.20. The lowest BCUT2D eigenvalue weighted by atomic mass is 9.89. The second kappa shape index (κ2) is 2.91. The van der Waals surface area contributed by atoms with Gasteiger partial charge in [0.2, 0.25) is 5.78 Å². The molecule has 0 fully saturated rings. The van der Waals surface area contributed by atoms with Crippen molar-refractivity contribution >= 4 is 17.6 Å². The van der Waals surface area contributed by atoms with Crippen LogP contribution in [0.4, 0.5) is 0 Å². The van der Waals surface area contributed by atoms with Gasteiger partial charge in [-0.05, 0) is 31.1 Å². The molecule has 1 aliphatic rings. The lowest BCUT2D eigenvalue weighted by molar-refractivity contribution is -0.109. The molecule has 2 heteroatoms. The second-order valence-electron chi connectivity index (χ2n) is 3.62. The predicted octanol–water partition coefficient (Wildman–Crippen LogP) is 2.35. The highest BCUT2D eigenvalue weighted by atomic mass is 16.1. The van der Waals surface area contributed by atoms with Crippen molar-refractivity contribution in [1.82, 2.24) is 0 Å². The Morgan fingerprint density at radius 2 is 1.93 bits per heavy atom. The van der Waals surface area contributed by atoms with Crippen LogP contribution in [-0.2, 0) is 4.79 Å². The molecule has 0 saturated carbocycles. The molecule has 70 valence electrons. The average molecular weight is 185 g/mol. The summed E-state index contributed by atoms with van der Waals surface area (Å²) in [6.45, 7) is 3.76. The van der Waals surface area contributed by atoms with Gasteiger partial charge in [0.1, 0.15) is 5.71 Å². The maximum atomic E-state index is 11.5. The van der Waals surface area contributed by atoms with Gasteiger partial charge in [-0.25, -0.2) is 0 Å². The van der Waals surface area contributed by atoms with Crippen molar-refractivity contribution in [2.24, 2.45) is 0 Å². The smallest absolute Gasteiger partial charge is 0.206 e. The minimum absolute atomic E-state index is 0.111. The van der Waals surface area contributed by atoms with Crippen LogP contribution in [0.25, 0.3) is 6.08 Å². The summed E-state index contributed by atoms with van der Waals surface area (Å²) in [6, 6.07) is 5.77. The third-order valence-electron chi connectivity index (χ3n) is 2.43. The first-order chi connectivity index (χ1) is 6.59. The van der Waals surface area contributed by atoms with Gasteiger partial charge in [0, 0.05) is 5.56 Å². The van der Waals surface area contributed by atoms with Gasteiger partial charge in [-0.15, -0.1) is 0 Å². The summed E-state index contributed by atoms with van der Waals surface area (Å²) in [7, 11) is 0. The van der Waals surface area contributed by atoms with E-state index in [4.69, 9.17) is 5.41 Å². The molecule has 0 heterocycles. The fraction of sp³-hybridized carbons (Fsp3) is 0.167. The number of hydrogen-bond donors (Lipinski definition) is 1. The average Bonchev–Trinajstić information content (AvgIpc) is 2.14. The Kier molecular flexibility index (Phi) is 1.84. The number of ketones is 1. The van der Waals surface area contributed by atoms with E-state index in [1.54, 1.807) is 6.92 Å². The summed E-state index contributed by atoms with van der Waals surface area (Å²) in [4.78, 5) is 11.5. The zero-order valence-corrected chi connectivity index (χ0v) is 8.22. The zero-order chi connectivity index (χ0) is 10.3. The molecule has 0 bridgehead atoms. The fourth-order valence-electron chi connectivity index (χ4n) is 1.65. The molecule has 14 heavy (non-hydrogen) atoms. The minimum atomic E-state index is -0.165. The van der Waals surface area contributed by atoms with Gasteiger partial charge in [-0.2, -0.15) is 0 Å². The van der Waals surface area contributed by atoms with E-state index in [1.807, 2.05) is 31.2 Å². The molecule has 0 radical (unpaired) electrons. The van der Waals surface area contributed by atoms with Crippen molar-refractivity contribution in [1.29, 1.82) is 5.41 Å². The number of hydrogen-bond acceptors (Lipinski definition) is 2. The molecule has 0 aliphatic heterocycles. The van der Waals surface area contributed by atoms with Gasteiger partial charge in [0.25, 0.3) is 0 Å². The number of fused-ring (bicyclic) bond motifs is 1. The lowest BCUT2D eigenvalue weighted by Crippen LogP contribution is -2.20. The van der Waals surface area contributed by atoms with Crippen LogP contribution >= 0.6 is 0 Å². The zero-order valence-electron chi connectivity index (χ0n) is 8.22. The standard InChI is InChI=1S/C12H11NO/c1-7-3-4-10-9(5-7)6-8(2)12(14)11(10)13/h3-6,13H,1-2H3. The SMILES string of the molecule is CC1=Cc2cc(C)ccc2C(=N)C1=O. The highest BCUT2D eigenvalue weighted by Crippen LogP contribution is 2.22. The number of nitrogens with one attached hydrogen (secondary N) is 1. The Hall–Kier alpha value is -1.70. The van der Waals surface area contributed by atoms with Crippen LogP contribution in [0, 0.1) is 12.3 Å². The normalized spacial score (nSPS) is 15.1. The number of allylic oxidation sites excluding steroid dienone is 1. The molecule has 0 saturated heterocycles. The van der Waals surface area contributed by atoms with Crippen molar-refractivity contribution < 1.29 is 4.79 Å². The summed E-state index contributed by atoms with van der Waals surface area (Å²) in [5.41, 5.74) is 3.63. The van der Waals surface area contributed by atoms with E-state index in [0.29, 0.717) is 5.57 Å². The number of aryl methyl sites for hydroxylation is 1. The third kappa shape index (κ3) is 1.20. The molecular weight excluding hydrogens is 174 g/mol. The molecule has 1 N–H and O–H groups in total. The van der Waals surface area contributed by atoms with Gasteiger partial charge in [0.05, 0.1) is 0 Å². The topological polar surface area (TPSA) is 40.9 Å². The first-order valence-electron chi connectivity index (χ1n) is 4.52. The molecule has 0 atom stereocenters. The van der Waals surface area contributed by atoms with Gasteiger partial charge in [-0.1, -0.05) is 23.8 Å². The van der Waals surface area contributed by atoms with Crippen molar-refractivity contribution in [2.75, 3.05) is 0 Å². The second-order valence-corrected chi connectivity index (χ2v) is 3.62. The fourth-order valence-corrected chi connectivity index (χ4v) is 1.65. The summed E-state index contributed by atoms with van der Waals surface area (Å²) in [6.07, 6.45) is 1.85. The number of carbonyl (C=O) groups excluding carboxylic acids is 1. The molecular formula is C12H11NO. The van der Waals surface area contributed by atoms with E-state index in [1.165, 1.54) is 0 Å². The lowest BCUT2D eigenvalue weighted by Gasteiger charge is -2.14. The molecule has 0 aromatic heterocycles. The van der Waals surface area contributed by atoms with Crippen LogP contribution in [0.3, 0.4) is 0 Å². The van der Waals surface area contributed by atoms with Gasteiger partial charge in [-0.3, -0.25) is 10.2 Å². The van der Waals surface area contributed by atoms with Gasteiger partial charge >= 0.3 is 0 Å². The number of benzene rings is 1. The first kappa shape index (κ1) is 8.88. The third-order valence-corrected chi connectivity index (χ3v) is 2.43. The molecule has 1 aromatic carbocycles. The Morgan fingerprint density at radius 3 is 2.64 bits per heavy atom. The maximum absolute atomic E-state index is 11.5. The summed E-state index contributed by atoms with van der Waals surface area (Å²) >= 11 is 0. The van der Waals surface area contributed by atoms with Gasteiger partial charge in [0.15, 0.2) is 0 Å². The van der Waals surface area contributed by atoms with E-state index >= 15 is 0 Å². The van der Waals surface area contributed by atoms with E-state index in [0.717, 1.165) is 16.7 Å². The summed E-state index contributed by atoms with van der Waals surface area (Å²) in [5, 5.41) is 7.69. The van der Waals surface area contributed by atoms with Crippen molar-refractivity contribution in [2.45, 2.75) is 13.8 Å². The maximum Gasteiger partial charge on any atom is 0.206 e. The van der Waals surface area contributed by atoms with Gasteiger partial charge < -0.3 is 0 Å². The van der Waals surface area contributed by atoms with E-state index < -0.39 is 0 Å². The summed E-state index contributed by atoms with van der Waals surface area (Å²) < 4.78 is 0. The molecule has 0 amide bonds. The Balaban J connectivity index is 2.69. The molecule has 1 aromatic rings. The Bertz CT molecular complexity index is 469. The van der Waals surface area contributed by atoms with Crippen LogP contribution < -0.4 is 0 Å². The minimum Gasteiger partial charge on any atom is -0.296 e. The molecule has 2 nitrogen and oxygen atoms in total. The van der Waals surface area contributed by atoms with Crippen molar-refractivity contribution in [3.63, 3.8) is 0 Å². The first-order valence-corrected chi connectivity index (χ1v) is 4.52. The largest absolute Gasteiger partial charge is 0.296 e. The quantitative estimate of drug-likeness (QED) is 0.662. The highest BCUT2D eigenvalue weighted by molar-refractivity contribution is 6.52. The van der Waals surface area contributed by atoms with E-state index in [-0.39, 0.29) is 11.5 Å². The van der Waals surface area contributed by atoms with Crippen LogP contribution in [-0.4, -0.2) is 11.5 Å². The van der Waals surface area contributed by atoms with Crippen LogP contribution in [0.2, 0.25) is 0 Å². The molecule has 2 rings (SSSR count). The number of Topliss-reactive ketones (excluding diaryl/α,β-unsaturated/α-hetero) is 1. The van der Waals surface area contributed by atoms with Crippen molar-refractivity contribution in [3.8, 4) is 0 Å². The summed E-state index contributed by atoms with van der Waals surface area (Å²) in [5.74, 6) is -0.165. The van der Waals surface area contributed by atoms with Crippen molar-refractivity contribution in [3.05, 3.63) is 40.5 Å². The molecule has 1 aliphatic carbocycles. The number of rotatable bonds is 0. The monoisotopic (exact) mass is 185 g/mol. The van der Waals surface area contributed by atoms with E-state index in [9.17, 15) is 4.79 Å². The van der Waals surface area contributed by atoms with Crippen LogP contribution in [0.1, 0.15) is 23.6 Å². The predicted molar refractivity (Wildman–Crippen MR) is 56.7 cm³/mol. The van der Waals surface area contributed by atoms with E-state index in [2.05, 4.69) is 0 Å². The Labute approximate surface area is 82.8 Å². The Morgan fingerprint density at radius 1 is 1.21 bits per heavy atom. The number of carbonyl (C=O) groups is 1.